The van der Waals surface area contributed by atoms with Crippen LogP contribution in [0.5, 0.6) is 5.75 Å². The zero-order valence-corrected chi connectivity index (χ0v) is 14.2. The lowest BCUT2D eigenvalue weighted by atomic mass is 10.2. The van der Waals surface area contributed by atoms with Crippen molar-refractivity contribution in [3.05, 3.63) is 64.0 Å². The van der Waals surface area contributed by atoms with Crippen molar-refractivity contribution in [3.63, 3.8) is 0 Å². The van der Waals surface area contributed by atoms with Gasteiger partial charge in [-0.3, -0.25) is 4.79 Å². The summed E-state index contributed by atoms with van der Waals surface area (Å²) in [5, 5.41) is 14.5. The number of carbonyl (C=O) groups excluding carboxylic acids is 1. The number of hydrogen-bond donors (Lipinski definition) is 3. The first-order valence-electron chi connectivity index (χ1n) is 7.06. The largest absolute Gasteiger partial charge is 0.507 e. The molecule has 0 atom stereocenters. The van der Waals surface area contributed by atoms with Crippen molar-refractivity contribution in [2.75, 3.05) is 0 Å². The summed E-state index contributed by atoms with van der Waals surface area (Å²) in [6.45, 7) is 1.71. The molecular weight excluding hydrogens is 377 g/mol. The maximum absolute atomic E-state index is 13.2. The maximum atomic E-state index is 13.2. The number of nitrogens with zero attached hydrogens (tertiary/aromatic N) is 1. The molecule has 0 unspecified atom stereocenters. The van der Waals surface area contributed by atoms with Crippen LogP contribution >= 0.6 is 15.9 Å². The summed E-state index contributed by atoms with van der Waals surface area (Å²) < 4.78 is 13.9. The molecule has 1 aromatic heterocycles. The van der Waals surface area contributed by atoms with Crippen LogP contribution in [0.15, 0.2) is 52.0 Å². The molecular formula is C17H13BrFN3O2. The molecule has 3 N–H and O–H groups in total. The number of hydrazone groups is 1. The summed E-state index contributed by atoms with van der Waals surface area (Å²) in [6.07, 6.45) is 0. The van der Waals surface area contributed by atoms with Crippen LogP contribution in [0, 0.1) is 5.82 Å². The first kappa shape index (κ1) is 16.2. The van der Waals surface area contributed by atoms with Crippen LogP contribution in [0.4, 0.5) is 4.39 Å². The average molecular weight is 390 g/mol. The molecule has 3 rings (SSSR count). The second-order valence-electron chi connectivity index (χ2n) is 5.21. The molecule has 0 radical (unpaired) electrons. The van der Waals surface area contributed by atoms with Gasteiger partial charge in [0.25, 0.3) is 5.91 Å². The monoisotopic (exact) mass is 389 g/mol. The molecule has 1 amide bonds. The number of phenolic OH excluding ortho intramolecular Hbond substituents is 1. The van der Waals surface area contributed by atoms with Gasteiger partial charge in [0.1, 0.15) is 11.6 Å². The summed E-state index contributed by atoms with van der Waals surface area (Å²) in [5.74, 6) is -0.985. The number of aromatic nitrogens is 1. The fourth-order valence-electron chi connectivity index (χ4n) is 2.24. The highest BCUT2D eigenvalue weighted by Crippen LogP contribution is 2.22. The second-order valence-corrected chi connectivity index (χ2v) is 6.13. The van der Waals surface area contributed by atoms with E-state index < -0.39 is 5.91 Å². The summed E-state index contributed by atoms with van der Waals surface area (Å²) >= 11 is 3.24. The number of phenols is 1. The molecule has 1 heterocycles. The number of rotatable bonds is 3. The lowest BCUT2D eigenvalue weighted by Crippen LogP contribution is -2.19. The van der Waals surface area contributed by atoms with E-state index in [4.69, 9.17) is 0 Å². The third-order valence-corrected chi connectivity index (χ3v) is 3.99. The molecule has 0 aliphatic carbocycles. The molecule has 0 spiro atoms. The summed E-state index contributed by atoms with van der Waals surface area (Å²) in [5.41, 5.74) is 4.46. The lowest BCUT2D eigenvalue weighted by Gasteiger charge is -2.04. The van der Waals surface area contributed by atoms with Crippen molar-refractivity contribution in [3.8, 4) is 5.75 Å². The Morgan fingerprint density at radius 1 is 1.25 bits per heavy atom. The van der Waals surface area contributed by atoms with Crippen LogP contribution in [-0.4, -0.2) is 21.7 Å². The number of aromatic amines is 1. The molecule has 0 aliphatic heterocycles. The van der Waals surface area contributed by atoms with E-state index in [-0.39, 0.29) is 17.1 Å². The van der Waals surface area contributed by atoms with Crippen LogP contribution in [-0.2, 0) is 0 Å². The van der Waals surface area contributed by atoms with Gasteiger partial charge in [0.15, 0.2) is 0 Å². The van der Waals surface area contributed by atoms with Gasteiger partial charge in [0, 0.05) is 15.4 Å². The fourth-order valence-corrected chi connectivity index (χ4v) is 2.60. The summed E-state index contributed by atoms with van der Waals surface area (Å²) in [7, 11) is 0. The molecule has 5 nitrogen and oxygen atoms in total. The van der Waals surface area contributed by atoms with Crippen molar-refractivity contribution < 1.29 is 14.3 Å². The van der Waals surface area contributed by atoms with Gasteiger partial charge in [0.2, 0.25) is 0 Å². The molecule has 24 heavy (non-hydrogen) atoms. The molecule has 0 bridgehead atoms. The van der Waals surface area contributed by atoms with Gasteiger partial charge in [-0.25, -0.2) is 9.82 Å². The first-order chi connectivity index (χ1) is 11.4. The molecule has 3 aromatic rings. The number of fused-ring (bicyclic) bond motifs is 1. The average Bonchev–Trinajstić information content (AvgIpc) is 2.97. The van der Waals surface area contributed by atoms with Gasteiger partial charge < -0.3 is 10.1 Å². The summed E-state index contributed by atoms with van der Waals surface area (Å²) in [4.78, 5) is 15.2. The number of amides is 1. The Morgan fingerprint density at radius 3 is 2.83 bits per heavy atom. The zero-order chi connectivity index (χ0) is 17.3. The Morgan fingerprint density at radius 2 is 2.04 bits per heavy atom. The van der Waals surface area contributed by atoms with E-state index in [9.17, 15) is 14.3 Å². The normalized spacial score (nSPS) is 11.7. The quantitative estimate of drug-likeness (QED) is 0.468. The molecule has 2 aromatic carbocycles. The van der Waals surface area contributed by atoms with Crippen LogP contribution < -0.4 is 5.43 Å². The van der Waals surface area contributed by atoms with E-state index in [2.05, 4.69) is 31.4 Å². The van der Waals surface area contributed by atoms with Crippen molar-refractivity contribution in [2.45, 2.75) is 6.92 Å². The standard InChI is InChI=1S/C17H13BrFN3O2/c1-9(15-7-10-6-12(19)3-4-14(10)20-15)21-22-17(24)13-8-11(18)2-5-16(13)23/h2-8,20,23H,1H3,(H,22,24)/b21-9+. The Hall–Kier alpha value is -2.67. The van der Waals surface area contributed by atoms with E-state index in [1.54, 1.807) is 25.1 Å². The van der Waals surface area contributed by atoms with E-state index in [0.29, 0.717) is 15.9 Å². The minimum absolute atomic E-state index is 0.111. The number of nitrogens with one attached hydrogen (secondary N) is 2. The van der Waals surface area contributed by atoms with Crippen molar-refractivity contribution in [2.24, 2.45) is 5.10 Å². The highest BCUT2D eigenvalue weighted by Gasteiger charge is 2.11. The van der Waals surface area contributed by atoms with E-state index >= 15 is 0 Å². The zero-order valence-electron chi connectivity index (χ0n) is 12.6. The Balaban J connectivity index is 1.82. The van der Waals surface area contributed by atoms with Gasteiger partial charge in [-0.15, -0.1) is 0 Å². The van der Waals surface area contributed by atoms with Crippen LogP contribution in [0.25, 0.3) is 10.9 Å². The molecule has 0 aliphatic rings. The highest BCUT2D eigenvalue weighted by atomic mass is 79.9. The van der Waals surface area contributed by atoms with Crippen molar-refractivity contribution >= 4 is 38.5 Å². The van der Waals surface area contributed by atoms with E-state index in [1.165, 1.54) is 24.3 Å². The van der Waals surface area contributed by atoms with E-state index in [0.717, 1.165) is 10.9 Å². The second kappa shape index (κ2) is 6.45. The van der Waals surface area contributed by atoms with Crippen molar-refractivity contribution in [1.29, 1.82) is 0 Å². The van der Waals surface area contributed by atoms with Crippen LogP contribution in [0.2, 0.25) is 0 Å². The Labute approximate surface area is 145 Å². The first-order valence-corrected chi connectivity index (χ1v) is 7.85. The van der Waals surface area contributed by atoms with Gasteiger partial charge in [0.05, 0.1) is 17.0 Å². The Bertz CT molecular complexity index is 966. The predicted molar refractivity (Wildman–Crippen MR) is 93.7 cm³/mol. The smallest absolute Gasteiger partial charge is 0.275 e. The van der Waals surface area contributed by atoms with E-state index in [1.807, 2.05) is 0 Å². The van der Waals surface area contributed by atoms with Crippen molar-refractivity contribution in [1.82, 2.24) is 10.4 Å². The number of aromatic hydroxyl groups is 1. The lowest BCUT2D eigenvalue weighted by molar-refractivity contribution is 0.0952. The van der Waals surface area contributed by atoms with Gasteiger partial charge in [-0.2, -0.15) is 5.10 Å². The predicted octanol–water partition coefficient (Wildman–Crippen LogP) is 3.93. The van der Waals surface area contributed by atoms with Crippen LogP contribution in [0.1, 0.15) is 23.0 Å². The molecule has 0 saturated heterocycles. The Kier molecular flexibility index (Phi) is 4.35. The fraction of sp³-hybridized carbons (Fsp3) is 0.0588. The number of H-pyrrole nitrogens is 1. The highest BCUT2D eigenvalue weighted by molar-refractivity contribution is 9.10. The number of carbonyl (C=O) groups is 1. The van der Waals surface area contributed by atoms with Gasteiger partial charge in [-0.1, -0.05) is 15.9 Å². The van der Waals surface area contributed by atoms with Crippen LogP contribution in [0.3, 0.4) is 0 Å². The number of benzene rings is 2. The number of halogens is 2. The minimum atomic E-state index is -0.532. The third kappa shape index (κ3) is 3.30. The van der Waals surface area contributed by atoms with Gasteiger partial charge in [-0.05, 0) is 49.4 Å². The summed E-state index contributed by atoms with van der Waals surface area (Å²) in [6, 6.07) is 10.7. The maximum Gasteiger partial charge on any atom is 0.275 e. The van der Waals surface area contributed by atoms with Gasteiger partial charge >= 0.3 is 0 Å². The number of hydrogen-bond acceptors (Lipinski definition) is 3. The topological polar surface area (TPSA) is 77.5 Å². The molecule has 0 fully saturated rings. The molecule has 122 valence electrons. The SMILES string of the molecule is C/C(=N\NC(=O)c1cc(Br)ccc1O)c1cc2cc(F)ccc2[nH]1. The minimum Gasteiger partial charge on any atom is -0.507 e. The molecule has 0 saturated carbocycles. The third-order valence-electron chi connectivity index (χ3n) is 3.50. The molecule has 7 heteroatoms.